The van der Waals surface area contributed by atoms with E-state index in [9.17, 15) is 13.2 Å². The number of hydrogen-bond donors (Lipinski definition) is 2. The van der Waals surface area contributed by atoms with Crippen LogP contribution < -0.4 is 16.0 Å². The molecule has 0 unspecified atom stereocenters. The minimum absolute atomic E-state index is 0.0893. The number of nitrogens with one attached hydrogen (secondary N) is 1. The summed E-state index contributed by atoms with van der Waals surface area (Å²) in [6, 6.07) is 5.50. The van der Waals surface area contributed by atoms with Gasteiger partial charge in [-0.1, -0.05) is 20.3 Å². The van der Waals surface area contributed by atoms with Crippen molar-refractivity contribution in [3.63, 3.8) is 0 Å². The van der Waals surface area contributed by atoms with Gasteiger partial charge in [-0.05, 0) is 92.3 Å². The van der Waals surface area contributed by atoms with Crippen molar-refractivity contribution in [2.45, 2.75) is 78.4 Å². The van der Waals surface area contributed by atoms with Gasteiger partial charge in [0.15, 0.2) is 0 Å². The highest BCUT2D eigenvalue weighted by atomic mass is 19.4. The lowest BCUT2D eigenvalue weighted by atomic mass is 9.78. The fourth-order valence-corrected chi connectivity index (χ4v) is 5.87. The summed E-state index contributed by atoms with van der Waals surface area (Å²) in [5.74, 6) is 1.29. The Morgan fingerprint density at radius 3 is 2.46 bits per heavy atom. The number of fused-ring (bicyclic) bond motifs is 3. The Morgan fingerprint density at radius 1 is 1.08 bits per heavy atom. The van der Waals surface area contributed by atoms with E-state index in [0.717, 1.165) is 55.4 Å². The average Bonchev–Trinajstić information content (AvgIpc) is 3.34. The molecule has 0 saturated carbocycles. The molecule has 2 heterocycles. The first-order chi connectivity index (χ1) is 17.5. The molecule has 0 amide bonds. The van der Waals surface area contributed by atoms with Gasteiger partial charge in [-0.25, -0.2) is 9.97 Å². The normalized spacial score (nSPS) is 18.2. The van der Waals surface area contributed by atoms with Crippen LogP contribution in [0.15, 0.2) is 24.3 Å². The molecule has 1 aliphatic carbocycles. The first-order valence-electron chi connectivity index (χ1n) is 13.3. The topological polar surface area (TPSA) is 67.1 Å². The summed E-state index contributed by atoms with van der Waals surface area (Å²) >= 11 is 0. The Balaban J connectivity index is 1.55. The number of halogens is 3. The van der Waals surface area contributed by atoms with Crippen LogP contribution in [0.25, 0.3) is 10.9 Å². The van der Waals surface area contributed by atoms with Crippen molar-refractivity contribution in [3.8, 4) is 0 Å². The number of hydrogen-bond acceptors (Lipinski definition) is 5. The molecular formula is C29H36F3N5. The molecule has 1 aromatic heterocycles. The molecule has 3 aromatic rings. The maximum atomic E-state index is 13.4. The van der Waals surface area contributed by atoms with Crippen molar-refractivity contribution in [1.29, 1.82) is 0 Å². The summed E-state index contributed by atoms with van der Waals surface area (Å²) in [5, 5.41) is 4.33. The first-order valence-corrected chi connectivity index (χ1v) is 13.3. The maximum absolute atomic E-state index is 13.4. The Morgan fingerprint density at radius 2 is 1.78 bits per heavy atom. The van der Waals surface area contributed by atoms with Gasteiger partial charge in [-0.3, -0.25) is 0 Å². The summed E-state index contributed by atoms with van der Waals surface area (Å²) in [4.78, 5) is 12.1. The van der Waals surface area contributed by atoms with Crippen molar-refractivity contribution in [2.24, 2.45) is 5.41 Å². The molecule has 0 bridgehead atoms. The van der Waals surface area contributed by atoms with Crippen molar-refractivity contribution in [2.75, 3.05) is 29.0 Å². The van der Waals surface area contributed by atoms with Crippen molar-refractivity contribution in [1.82, 2.24) is 9.97 Å². The molecule has 2 aromatic carbocycles. The summed E-state index contributed by atoms with van der Waals surface area (Å²) in [7, 11) is 0. The van der Waals surface area contributed by atoms with E-state index in [1.54, 1.807) is 6.07 Å². The molecule has 37 heavy (non-hydrogen) atoms. The van der Waals surface area contributed by atoms with Crippen LogP contribution in [0.2, 0.25) is 0 Å². The number of nitrogens with two attached hydrogens (primary N) is 1. The highest BCUT2D eigenvalue weighted by molar-refractivity contribution is 5.96. The molecule has 1 saturated heterocycles. The number of nitrogens with zero attached hydrogens (tertiary/aromatic N) is 3. The Hall–Kier alpha value is -3.03. The molecule has 198 valence electrons. The van der Waals surface area contributed by atoms with Crippen LogP contribution in [0, 0.1) is 12.3 Å². The van der Waals surface area contributed by atoms with Gasteiger partial charge >= 0.3 is 6.18 Å². The largest absolute Gasteiger partial charge is 0.416 e. The van der Waals surface area contributed by atoms with Crippen LogP contribution in [0.4, 0.5) is 30.4 Å². The number of nitrogen functional groups attached to an aromatic ring is 1. The van der Waals surface area contributed by atoms with Gasteiger partial charge in [-0.2, -0.15) is 13.2 Å². The molecule has 8 heteroatoms. The van der Waals surface area contributed by atoms with Crippen molar-refractivity contribution < 1.29 is 13.2 Å². The van der Waals surface area contributed by atoms with Gasteiger partial charge in [0.1, 0.15) is 11.6 Å². The molecule has 2 aliphatic rings. The van der Waals surface area contributed by atoms with Crippen LogP contribution in [-0.4, -0.2) is 23.1 Å². The van der Waals surface area contributed by atoms with Gasteiger partial charge in [0.05, 0.1) is 17.1 Å². The number of aromatic nitrogens is 2. The zero-order valence-corrected chi connectivity index (χ0v) is 22.1. The number of rotatable bonds is 5. The molecule has 5 nitrogen and oxygen atoms in total. The zero-order chi connectivity index (χ0) is 26.5. The predicted octanol–water partition coefficient (Wildman–Crippen LogP) is 7.22. The predicted molar refractivity (Wildman–Crippen MR) is 144 cm³/mol. The number of aryl methyl sites for hydroxylation is 2. The highest BCUT2D eigenvalue weighted by Crippen LogP contribution is 2.43. The third-order valence-electron chi connectivity index (χ3n) is 8.47. The summed E-state index contributed by atoms with van der Waals surface area (Å²) in [6.07, 6.45) is 2.20. The third kappa shape index (κ3) is 4.94. The smallest absolute Gasteiger partial charge is 0.399 e. The van der Waals surface area contributed by atoms with Gasteiger partial charge in [0.2, 0.25) is 0 Å². The lowest BCUT2D eigenvalue weighted by Crippen LogP contribution is -2.38. The van der Waals surface area contributed by atoms with Gasteiger partial charge in [-0.15, -0.1) is 0 Å². The Bertz CT molecular complexity index is 1330. The number of benzene rings is 2. The van der Waals surface area contributed by atoms with Gasteiger partial charge in [0, 0.05) is 29.9 Å². The second-order valence-corrected chi connectivity index (χ2v) is 11.1. The van der Waals surface area contributed by atoms with E-state index in [-0.39, 0.29) is 5.69 Å². The molecule has 3 N–H and O–H groups in total. The molecule has 1 fully saturated rings. The Labute approximate surface area is 216 Å². The Kier molecular flexibility index (Phi) is 6.49. The van der Waals surface area contributed by atoms with Crippen LogP contribution >= 0.6 is 0 Å². The van der Waals surface area contributed by atoms with E-state index in [1.807, 2.05) is 13.8 Å². The monoisotopic (exact) mass is 511 g/mol. The second-order valence-electron chi connectivity index (χ2n) is 11.1. The van der Waals surface area contributed by atoms with Gasteiger partial charge in [0.25, 0.3) is 0 Å². The fourth-order valence-electron chi connectivity index (χ4n) is 5.87. The summed E-state index contributed by atoms with van der Waals surface area (Å²) in [6.45, 7) is 10.4. The summed E-state index contributed by atoms with van der Waals surface area (Å²) < 4.78 is 40.3. The molecule has 1 aliphatic heterocycles. The van der Waals surface area contributed by atoms with E-state index in [4.69, 9.17) is 15.7 Å². The summed E-state index contributed by atoms with van der Waals surface area (Å²) in [5.41, 5.74) is 11.0. The molecular weight excluding hydrogens is 475 g/mol. The van der Waals surface area contributed by atoms with Crippen molar-refractivity contribution in [3.05, 3.63) is 52.3 Å². The van der Waals surface area contributed by atoms with E-state index in [0.29, 0.717) is 22.6 Å². The standard InChI is InChI=1S/C29H36F3N5/c1-5-28(4)9-11-37(12-10-28)25-16-24-26(23-8-6-7-22(23)25)35-18(3)36-27(24)34-17(2)19-13-20(29(30,31)32)15-21(33)14-19/h13-17H,5-12,33H2,1-4H3,(H,34,35,36)/t17-/m1/s1. The van der Waals surface area contributed by atoms with Crippen molar-refractivity contribution >= 4 is 28.1 Å². The van der Waals surface area contributed by atoms with E-state index in [1.165, 1.54) is 36.1 Å². The molecule has 0 radical (unpaired) electrons. The van der Waals surface area contributed by atoms with E-state index < -0.39 is 17.8 Å². The molecule has 0 spiro atoms. The molecule has 1 atom stereocenters. The maximum Gasteiger partial charge on any atom is 0.416 e. The number of piperidine rings is 1. The van der Waals surface area contributed by atoms with Crippen LogP contribution in [0.5, 0.6) is 0 Å². The fraction of sp³-hybridized carbons (Fsp3) is 0.517. The van der Waals surface area contributed by atoms with E-state index in [2.05, 4.69) is 30.1 Å². The highest BCUT2D eigenvalue weighted by Gasteiger charge is 2.33. The average molecular weight is 512 g/mol. The lowest BCUT2D eigenvalue weighted by molar-refractivity contribution is -0.137. The van der Waals surface area contributed by atoms with Crippen LogP contribution in [-0.2, 0) is 19.0 Å². The lowest BCUT2D eigenvalue weighted by Gasteiger charge is -2.41. The number of alkyl halides is 3. The van der Waals surface area contributed by atoms with E-state index >= 15 is 0 Å². The quantitative estimate of drug-likeness (QED) is 0.354. The SMILES string of the molecule is CCC1(C)CCN(c2cc3c(N[C@H](C)c4cc(N)cc(C(F)(F)F)c4)nc(C)nc3c3c2CCC3)CC1. The third-order valence-corrected chi connectivity index (χ3v) is 8.47. The zero-order valence-electron chi connectivity index (χ0n) is 22.1. The number of anilines is 3. The second kappa shape index (κ2) is 9.37. The van der Waals surface area contributed by atoms with Crippen LogP contribution in [0.1, 0.15) is 80.6 Å². The minimum atomic E-state index is -4.46. The molecule has 5 rings (SSSR count). The van der Waals surface area contributed by atoms with Gasteiger partial charge < -0.3 is 16.0 Å². The minimum Gasteiger partial charge on any atom is -0.399 e. The first kappa shape index (κ1) is 25.6. The van der Waals surface area contributed by atoms with Crippen LogP contribution in [0.3, 0.4) is 0 Å².